The molecule has 0 spiro atoms. The van der Waals surface area contributed by atoms with Gasteiger partial charge in [-0.05, 0) is 20.8 Å². The molecule has 2 rings (SSSR count). The first-order chi connectivity index (χ1) is 7.63. The van der Waals surface area contributed by atoms with Gasteiger partial charge in [-0.25, -0.2) is 14.6 Å². The van der Waals surface area contributed by atoms with E-state index in [1.165, 1.54) is 0 Å². The van der Waals surface area contributed by atoms with Crippen LogP contribution in [0.2, 0.25) is 0 Å². The fraction of sp³-hybridized carbons (Fsp3) is 0.400. The summed E-state index contributed by atoms with van der Waals surface area (Å²) in [7, 11) is 2.39. The van der Waals surface area contributed by atoms with Gasteiger partial charge in [0.1, 0.15) is 23.6 Å². The minimum absolute atomic E-state index is 0. The monoisotopic (exact) mass is 475 g/mol. The van der Waals surface area contributed by atoms with Crippen LogP contribution < -0.4 is 0 Å². The van der Waals surface area contributed by atoms with Crippen molar-refractivity contribution in [3.05, 3.63) is 23.6 Å². The first-order valence-corrected chi connectivity index (χ1v) is 5.63. The molecule has 2 aromatic heterocycles. The molecule has 0 aliphatic heterocycles. The van der Waals surface area contributed by atoms with Crippen molar-refractivity contribution in [2.24, 2.45) is 0 Å². The van der Waals surface area contributed by atoms with E-state index < -0.39 is 0 Å². The number of aromatic nitrogens is 4. The van der Waals surface area contributed by atoms with E-state index in [2.05, 4.69) is 24.3 Å². The molecule has 90 valence electrons. The van der Waals surface area contributed by atoms with E-state index in [4.69, 9.17) is 4.74 Å². The molecule has 7 heteroatoms. The average molecular weight is 475 g/mol. The van der Waals surface area contributed by atoms with Crippen LogP contribution in [-0.2, 0) is 11.5 Å². The minimum atomic E-state index is 0. The van der Waals surface area contributed by atoms with E-state index >= 15 is 0 Å². The van der Waals surface area contributed by atoms with Gasteiger partial charge in [0, 0.05) is 31.1 Å². The SMILES string of the molecule is Cc1nc(C)c2c(n1)c(C)nn2CO[CH-]P.[U]. The predicted octanol–water partition coefficient (Wildman–Crippen LogP) is 1.72. The third-order valence-corrected chi connectivity index (χ3v) is 2.53. The Kier molecular flexibility index (Phi) is 5.53. The van der Waals surface area contributed by atoms with Gasteiger partial charge in [-0.1, -0.05) is 0 Å². The molecule has 0 amide bonds. The Bertz CT molecular complexity index is 528. The van der Waals surface area contributed by atoms with Crippen molar-refractivity contribution < 1.29 is 35.9 Å². The Balaban J connectivity index is 0.00000144. The van der Waals surface area contributed by atoms with Gasteiger partial charge in [-0.3, -0.25) is 9.24 Å². The fourth-order valence-electron chi connectivity index (χ4n) is 1.75. The zero-order chi connectivity index (χ0) is 11.7. The molecule has 5 nitrogen and oxygen atoms in total. The summed E-state index contributed by atoms with van der Waals surface area (Å²) >= 11 is 0. The van der Waals surface area contributed by atoms with Crippen LogP contribution in [0.4, 0.5) is 0 Å². The molecule has 0 saturated carbocycles. The van der Waals surface area contributed by atoms with Crippen molar-refractivity contribution in [3.63, 3.8) is 0 Å². The molecule has 0 N–H and O–H groups in total. The van der Waals surface area contributed by atoms with Gasteiger partial charge < -0.3 is 4.74 Å². The summed E-state index contributed by atoms with van der Waals surface area (Å²) in [4.78, 5) is 8.74. The molecule has 0 bridgehead atoms. The van der Waals surface area contributed by atoms with Crippen LogP contribution in [0.3, 0.4) is 0 Å². The second kappa shape index (κ2) is 6.24. The second-order valence-corrected chi connectivity index (χ2v) is 3.84. The topological polar surface area (TPSA) is 52.8 Å². The van der Waals surface area contributed by atoms with E-state index in [-0.39, 0.29) is 31.1 Å². The molecule has 2 heterocycles. The third kappa shape index (κ3) is 3.06. The maximum Gasteiger partial charge on any atom is 0.126 e. The normalized spacial score (nSPS) is 10.6. The van der Waals surface area contributed by atoms with Crippen molar-refractivity contribution in [3.8, 4) is 0 Å². The summed E-state index contributed by atoms with van der Waals surface area (Å²) in [5, 5.41) is 4.39. The Morgan fingerprint density at radius 3 is 2.59 bits per heavy atom. The molecule has 1 unspecified atom stereocenters. The van der Waals surface area contributed by atoms with Gasteiger partial charge in [-0.15, -0.1) is 0 Å². The molecule has 17 heavy (non-hydrogen) atoms. The summed E-state index contributed by atoms with van der Waals surface area (Å²) in [6.45, 7) is 6.16. The number of rotatable bonds is 3. The van der Waals surface area contributed by atoms with Crippen LogP contribution >= 0.6 is 9.24 Å². The zero-order valence-corrected chi connectivity index (χ0v) is 15.4. The number of fused-ring (bicyclic) bond motifs is 1. The number of hydrogen-bond acceptors (Lipinski definition) is 4. The van der Waals surface area contributed by atoms with Crippen molar-refractivity contribution in [1.29, 1.82) is 0 Å². The molecular weight excluding hydrogens is 461 g/mol. The predicted molar refractivity (Wildman–Crippen MR) is 64.6 cm³/mol. The quantitative estimate of drug-likeness (QED) is 0.502. The summed E-state index contributed by atoms with van der Waals surface area (Å²) in [6.07, 6.45) is 1.56. The number of aryl methyl sites for hydroxylation is 3. The van der Waals surface area contributed by atoms with Crippen LogP contribution in [0.1, 0.15) is 17.2 Å². The second-order valence-electron chi connectivity index (χ2n) is 3.57. The van der Waals surface area contributed by atoms with Crippen molar-refractivity contribution in [1.82, 2.24) is 19.7 Å². The molecular formula is C10H14N4OPU-. The van der Waals surface area contributed by atoms with Crippen LogP contribution in [0.15, 0.2) is 0 Å². The smallest absolute Gasteiger partial charge is 0.126 e. The molecule has 0 fully saturated rings. The van der Waals surface area contributed by atoms with Crippen LogP contribution in [0, 0.1) is 58.2 Å². The van der Waals surface area contributed by atoms with Crippen molar-refractivity contribution in [2.75, 3.05) is 0 Å². The molecule has 0 aliphatic carbocycles. The first kappa shape index (κ1) is 15.1. The van der Waals surface area contributed by atoms with Crippen molar-refractivity contribution in [2.45, 2.75) is 27.5 Å². The van der Waals surface area contributed by atoms with E-state index in [1.807, 2.05) is 20.8 Å². The summed E-state index contributed by atoms with van der Waals surface area (Å²) in [5.74, 6) is 0.770. The Hall–Kier alpha value is -0.00805. The van der Waals surface area contributed by atoms with Gasteiger partial charge in [-0.2, -0.15) is 11.4 Å². The van der Waals surface area contributed by atoms with Gasteiger partial charge in [0.05, 0.1) is 11.4 Å². The standard InChI is InChI=1S/C10H14N4OP.U/c1-6-9-10(7(2)11-8(3)12-9)14(13-6)4-15-5-16;/h5H,4,16H2,1-3H3;/q-1;. The van der Waals surface area contributed by atoms with Gasteiger partial charge in [0.15, 0.2) is 0 Å². The third-order valence-electron chi connectivity index (χ3n) is 2.33. The maximum absolute atomic E-state index is 5.21. The summed E-state index contributed by atoms with van der Waals surface area (Å²) in [6, 6.07) is 0. The Labute approximate surface area is 126 Å². The van der Waals surface area contributed by atoms with Crippen LogP contribution in [0.25, 0.3) is 11.0 Å². The summed E-state index contributed by atoms with van der Waals surface area (Å²) in [5.41, 5.74) is 3.67. The Morgan fingerprint density at radius 1 is 1.24 bits per heavy atom. The van der Waals surface area contributed by atoms with E-state index in [9.17, 15) is 0 Å². The zero-order valence-electron chi connectivity index (χ0n) is 10.1. The maximum atomic E-state index is 5.21. The molecule has 1 atom stereocenters. The largest absolute Gasteiger partial charge is 0.531 e. The first-order valence-electron chi connectivity index (χ1n) is 4.97. The molecule has 0 aromatic carbocycles. The number of ether oxygens (including phenoxy) is 1. The van der Waals surface area contributed by atoms with E-state index in [0.29, 0.717) is 6.73 Å². The minimum Gasteiger partial charge on any atom is -0.531 e. The van der Waals surface area contributed by atoms with Crippen molar-refractivity contribution >= 4 is 20.3 Å². The van der Waals surface area contributed by atoms with Gasteiger partial charge >= 0.3 is 0 Å². The molecule has 0 radical (unpaired) electrons. The number of hydrogen-bond donors (Lipinski definition) is 0. The van der Waals surface area contributed by atoms with E-state index in [0.717, 1.165) is 28.2 Å². The van der Waals surface area contributed by atoms with Gasteiger partial charge in [0.2, 0.25) is 0 Å². The van der Waals surface area contributed by atoms with Crippen LogP contribution in [-0.4, -0.2) is 19.7 Å². The molecule has 0 aliphatic rings. The molecule has 0 saturated heterocycles. The average Bonchev–Trinajstić information content (AvgIpc) is 2.53. The van der Waals surface area contributed by atoms with E-state index in [1.54, 1.807) is 11.0 Å². The Morgan fingerprint density at radius 2 is 1.94 bits per heavy atom. The fourth-order valence-corrected chi connectivity index (χ4v) is 1.84. The van der Waals surface area contributed by atoms with Gasteiger partial charge in [0.25, 0.3) is 0 Å². The molecule has 2 aromatic rings. The number of nitrogens with zero attached hydrogens (tertiary/aromatic N) is 4. The van der Waals surface area contributed by atoms with Crippen LogP contribution in [0.5, 0.6) is 0 Å². The summed E-state index contributed by atoms with van der Waals surface area (Å²) < 4.78 is 6.99.